The van der Waals surface area contributed by atoms with Crippen LogP contribution in [0.3, 0.4) is 0 Å². The van der Waals surface area contributed by atoms with Crippen LogP contribution in [0.1, 0.15) is 69.2 Å². The summed E-state index contributed by atoms with van der Waals surface area (Å²) in [5, 5.41) is 28.6. The third-order valence-electron chi connectivity index (χ3n) is 1.30. The summed E-state index contributed by atoms with van der Waals surface area (Å²) in [6.07, 6.45) is 10.9. The zero-order chi connectivity index (χ0) is 21.3. The quantitative estimate of drug-likeness (QED) is 0.538. The fourth-order valence-corrected chi connectivity index (χ4v) is 0.860. The van der Waals surface area contributed by atoms with Gasteiger partial charge in [0, 0.05) is 0 Å². The molecule has 0 bridgehead atoms. The Morgan fingerprint density at radius 1 is 0.720 bits per heavy atom. The maximum atomic E-state index is 9.53. The Labute approximate surface area is 169 Å². The van der Waals surface area contributed by atoms with Gasteiger partial charge in [-0.15, -0.1) is 18.3 Å². The molecule has 0 saturated carbocycles. The third kappa shape index (κ3) is 192. The van der Waals surface area contributed by atoms with Crippen LogP contribution in [0.15, 0.2) is 46.4 Å². The van der Waals surface area contributed by atoms with Crippen LogP contribution >= 0.6 is 0 Å². The van der Waals surface area contributed by atoms with E-state index in [1.807, 2.05) is 69.9 Å². The molecule has 0 atom stereocenters. The van der Waals surface area contributed by atoms with E-state index in [1.54, 1.807) is 41.5 Å². The Morgan fingerprint density at radius 3 is 1.04 bits per heavy atom. The normalized spacial score (nSPS) is 10.9. The Morgan fingerprint density at radius 2 is 0.960 bits per heavy atom. The standard InChI is InChI=1S/C6H9.C6H10.3C3H7O.Ti/c1-4-6(3)5-2;1-3-5-6-4-2;3*1-3(2)4;/h1,4-5H,2-3H3;3-6H,1-2H3;3*3H,1-2H3;/q;;3*-1;+3. The second-order valence-corrected chi connectivity index (χ2v) is 6.08. The summed E-state index contributed by atoms with van der Waals surface area (Å²) >= 11 is 2.02. The van der Waals surface area contributed by atoms with Gasteiger partial charge in [-0.3, -0.25) is 0 Å². The second-order valence-electron chi connectivity index (χ2n) is 5.56. The van der Waals surface area contributed by atoms with Crippen LogP contribution in [0.5, 0.6) is 0 Å². The van der Waals surface area contributed by atoms with E-state index in [4.69, 9.17) is 0 Å². The summed E-state index contributed by atoms with van der Waals surface area (Å²) in [5.74, 6) is 0. The molecule has 0 heterocycles. The summed E-state index contributed by atoms with van der Waals surface area (Å²) in [4.78, 5) is 0. The molecule has 0 saturated heterocycles. The minimum Gasteiger partial charge on any atom is -0.0877 e. The summed E-state index contributed by atoms with van der Waals surface area (Å²) in [6, 6.07) is 0. The molecule has 0 rings (SSSR count). The molecular formula is C21H40O3Ti. The average Bonchev–Trinajstić information content (AvgIpc) is 2.44. The molecule has 0 aromatic rings. The smallest absolute Gasteiger partial charge is 0.0467 e. The molecule has 146 valence electrons. The number of allylic oxidation sites excluding steroid dienone is 7. The number of rotatable bonds is 2. The van der Waals surface area contributed by atoms with Gasteiger partial charge in [0.2, 0.25) is 0 Å². The molecule has 0 aromatic heterocycles. The van der Waals surface area contributed by atoms with E-state index in [9.17, 15) is 15.3 Å². The minimum atomic E-state index is -0.417. The fraction of sp³-hybridized carbons (Fsp3) is 0.619. The third-order valence-corrected chi connectivity index (χ3v) is 1.56. The summed E-state index contributed by atoms with van der Waals surface area (Å²) in [7, 11) is 0. The van der Waals surface area contributed by atoms with E-state index in [1.165, 1.54) is 5.57 Å². The topological polar surface area (TPSA) is 69.2 Å². The molecular weight excluding hydrogens is 348 g/mol. The summed E-state index contributed by atoms with van der Waals surface area (Å²) in [5.41, 5.74) is 1.32. The molecule has 0 aliphatic heterocycles. The van der Waals surface area contributed by atoms with Gasteiger partial charge in [-0.1, -0.05) is 65.8 Å². The Bertz CT molecular complexity index is 283. The van der Waals surface area contributed by atoms with Gasteiger partial charge >= 0.3 is 56.4 Å². The molecule has 3 nitrogen and oxygen atoms in total. The SMILES string of the molecule is CC(C)[O-].CC(C)[O-].CC(C)[O-].CC=C(C)C=[CH][Ti+3].CC=CC=CC. The van der Waals surface area contributed by atoms with E-state index in [0.717, 1.165) is 0 Å². The van der Waals surface area contributed by atoms with Gasteiger partial charge in [0.05, 0.1) is 0 Å². The van der Waals surface area contributed by atoms with Crippen LogP contribution in [-0.2, 0) is 20.4 Å². The van der Waals surface area contributed by atoms with Gasteiger partial charge in [-0.2, -0.15) is 0 Å². The zero-order valence-electron chi connectivity index (χ0n) is 18.0. The molecule has 0 radical (unpaired) electrons. The molecule has 0 fully saturated rings. The van der Waals surface area contributed by atoms with E-state index < -0.39 is 18.3 Å². The van der Waals surface area contributed by atoms with Gasteiger partial charge in [0.25, 0.3) is 0 Å². The van der Waals surface area contributed by atoms with Crippen LogP contribution in [0.2, 0.25) is 0 Å². The molecule has 0 N–H and O–H groups in total. The summed E-state index contributed by atoms with van der Waals surface area (Å²) in [6.45, 7) is 17.8. The van der Waals surface area contributed by atoms with Gasteiger partial charge in [-0.05, 0) is 13.8 Å². The predicted octanol–water partition coefficient (Wildman–Crippen LogP) is 3.42. The number of hydrogen-bond acceptors (Lipinski definition) is 3. The Kier molecular flexibility index (Phi) is 49.6. The monoisotopic (exact) mass is 388 g/mol. The van der Waals surface area contributed by atoms with Crippen molar-refractivity contribution in [2.75, 3.05) is 0 Å². The van der Waals surface area contributed by atoms with E-state index in [2.05, 4.69) is 19.1 Å². The first-order valence-corrected chi connectivity index (χ1v) is 9.50. The van der Waals surface area contributed by atoms with Crippen molar-refractivity contribution >= 4 is 0 Å². The van der Waals surface area contributed by atoms with Crippen molar-refractivity contribution in [3.05, 3.63) is 46.4 Å². The molecule has 4 heteroatoms. The van der Waals surface area contributed by atoms with Crippen molar-refractivity contribution in [2.24, 2.45) is 0 Å². The van der Waals surface area contributed by atoms with Crippen LogP contribution in [-0.4, -0.2) is 18.3 Å². The summed E-state index contributed by atoms with van der Waals surface area (Å²) < 4.78 is 2.04. The average molecular weight is 388 g/mol. The molecule has 25 heavy (non-hydrogen) atoms. The Balaban J connectivity index is -0.0000000683. The Hall–Kier alpha value is -0.446. The van der Waals surface area contributed by atoms with E-state index >= 15 is 0 Å². The fourth-order valence-electron chi connectivity index (χ4n) is 0.450. The van der Waals surface area contributed by atoms with Gasteiger partial charge < -0.3 is 15.3 Å². The van der Waals surface area contributed by atoms with Crippen molar-refractivity contribution in [2.45, 2.75) is 87.5 Å². The van der Waals surface area contributed by atoms with Crippen molar-refractivity contribution in [1.29, 1.82) is 0 Å². The molecule has 0 aliphatic rings. The van der Waals surface area contributed by atoms with Gasteiger partial charge in [0.1, 0.15) is 0 Å². The first-order valence-electron chi connectivity index (χ1n) is 8.60. The van der Waals surface area contributed by atoms with Crippen LogP contribution in [0.25, 0.3) is 0 Å². The van der Waals surface area contributed by atoms with Crippen LogP contribution in [0.4, 0.5) is 0 Å². The molecule has 0 amide bonds. The maximum Gasteiger partial charge on any atom is -0.0467 e. The second kappa shape index (κ2) is 34.8. The predicted molar refractivity (Wildman–Crippen MR) is 104 cm³/mol. The molecule has 0 spiro atoms. The zero-order valence-corrected chi connectivity index (χ0v) is 19.6. The van der Waals surface area contributed by atoms with Crippen molar-refractivity contribution in [3.8, 4) is 0 Å². The van der Waals surface area contributed by atoms with Crippen molar-refractivity contribution in [1.82, 2.24) is 0 Å². The maximum absolute atomic E-state index is 9.53. The van der Waals surface area contributed by atoms with Crippen LogP contribution in [0, 0.1) is 0 Å². The largest absolute Gasteiger partial charge is 0.0877 e. The molecule has 0 aromatic carbocycles. The molecule has 0 unspecified atom stereocenters. The van der Waals surface area contributed by atoms with Gasteiger partial charge in [-0.25, -0.2) is 0 Å². The molecule has 0 aliphatic carbocycles. The van der Waals surface area contributed by atoms with E-state index in [-0.39, 0.29) is 0 Å². The first kappa shape index (κ1) is 35.6. The minimum absolute atomic E-state index is 0.417. The number of hydrogen-bond donors (Lipinski definition) is 0. The first-order chi connectivity index (χ1) is 11.4. The van der Waals surface area contributed by atoms with Crippen LogP contribution < -0.4 is 15.3 Å². The van der Waals surface area contributed by atoms with Crippen molar-refractivity contribution in [3.63, 3.8) is 0 Å². The van der Waals surface area contributed by atoms with Crippen molar-refractivity contribution < 1.29 is 35.8 Å². The van der Waals surface area contributed by atoms with Gasteiger partial charge in [0.15, 0.2) is 0 Å². The van der Waals surface area contributed by atoms with E-state index in [0.29, 0.717) is 0 Å².